The number of anilines is 1. The fourth-order valence-corrected chi connectivity index (χ4v) is 2.96. The van der Waals surface area contributed by atoms with Gasteiger partial charge in [-0.1, -0.05) is 18.7 Å². The van der Waals surface area contributed by atoms with Gasteiger partial charge >= 0.3 is 0 Å². The molecule has 0 fully saturated rings. The summed E-state index contributed by atoms with van der Waals surface area (Å²) in [5.74, 6) is -0.265. The number of nitrogens with one attached hydrogen (secondary N) is 1. The van der Waals surface area contributed by atoms with Crippen LogP contribution in [-0.4, -0.2) is 31.4 Å². The molecule has 0 aliphatic carbocycles. The Balaban J connectivity index is 2.31. The summed E-state index contributed by atoms with van der Waals surface area (Å²) in [5.41, 5.74) is 2.66. The quantitative estimate of drug-likeness (QED) is 0.844. The first-order valence-corrected chi connectivity index (χ1v) is 7.76. The van der Waals surface area contributed by atoms with Gasteiger partial charge in [-0.15, -0.1) is 0 Å². The SMILES string of the molecule is C=CC(=O)Nc1cccc2c1CCN(S(C)(=O)=O)C2. The lowest BCUT2D eigenvalue weighted by Crippen LogP contribution is -2.35. The zero-order chi connectivity index (χ0) is 14.0. The van der Waals surface area contributed by atoms with E-state index in [4.69, 9.17) is 0 Å². The Labute approximate surface area is 113 Å². The van der Waals surface area contributed by atoms with Crippen molar-refractivity contribution in [1.82, 2.24) is 4.31 Å². The van der Waals surface area contributed by atoms with Crippen molar-refractivity contribution in [2.45, 2.75) is 13.0 Å². The van der Waals surface area contributed by atoms with Crippen LogP contribution in [0.3, 0.4) is 0 Å². The van der Waals surface area contributed by atoms with Crippen LogP contribution in [0, 0.1) is 0 Å². The monoisotopic (exact) mass is 280 g/mol. The van der Waals surface area contributed by atoms with Gasteiger partial charge < -0.3 is 5.32 Å². The molecule has 1 aliphatic heterocycles. The van der Waals surface area contributed by atoms with Gasteiger partial charge in [-0.05, 0) is 29.7 Å². The lowest BCUT2D eigenvalue weighted by molar-refractivity contribution is -0.111. The number of hydrogen-bond donors (Lipinski definition) is 1. The molecule has 0 radical (unpaired) electrons. The van der Waals surface area contributed by atoms with E-state index < -0.39 is 10.0 Å². The van der Waals surface area contributed by atoms with Crippen LogP contribution in [0.5, 0.6) is 0 Å². The summed E-state index contributed by atoms with van der Waals surface area (Å²) in [4.78, 5) is 11.4. The summed E-state index contributed by atoms with van der Waals surface area (Å²) in [6.07, 6.45) is 3.02. The van der Waals surface area contributed by atoms with Gasteiger partial charge in [0.15, 0.2) is 0 Å². The highest BCUT2D eigenvalue weighted by molar-refractivity contribution is 7.88. The standard InChI is InChI=1S/C13H16N2O3S/c1-3-13(16)14-12-6-4-5-10-9-15(19(2,17)18)8-7-11(10)12/h3-6H,1,7-9H2,2H3,(H,14,16). The van der Waals surface area contributed by atoms with Gasteiger partial charge in [0.2, 0.25) is 15.9 Å². The van der Waals surface area contributed by atoms with Crippen LogP contribution in [0.1, 0.15) is 11.1 Å². The number of sulfonamides is 1. The lowest BCUT2D eigenvalue weighted by Gasteiger charge is -2.28. The van der Waals surface area contributed by atoms with Gasteiger partial charge in [-0.2, -0.15) is 4.31 Å². The minimum atomic E-state index is -3.18. The van der Waals surface area contributed by atoms with Gasteiger partial charge in [0.05, 0.1) is 6.26 Å². The fourth-order valence-electron chi connectivity index (χ4n) is 2.17. The lowest BCUT2D eigenvalue weighted by atomic mass is 9.99. The number of fused-ring (bicyclic) bond motifs is 1. The molecule has 1 aromatic rings. The number of carbonyl (C=O) groups is 1. The van der Waals surface area contributed by atoms with E-state index >= 15 is 0 Å². The molecule has 0 bridgehead atoms. The summed E-state index contributed by atoms with van der Waals surface area (Å²) in [7, 11) is -3.18. The summed E-state index contributed by atoms with van der Waals surface area (Å²) < 4.78 is 24.5. The molecule has 0 atom stereocenters. The van der Waals surface area contributed by atoms with Crippen LogP contribution in [-0.2, 0) is 27.8 Å². The second-order valence-corrected chi connectivity index (χ2v) is 6.47. The normalized spacial score (nSPS) is 15.6. The van der Waals surface area contributed by atoms with Gasteiger partial charge in [0, 0.05) is 18.8 Å². The molecule has 0 saturated carbocycles. The molecule has 1 N–H and O–H groups in total. The molecule has 5 nitrogen and oxygen atoms in total. The second-order valence-electron chi connectivity index (χ2n) is 4.48. The van der Waals surface area contributed by atoms with E-state index in [2.05, 4.69) is 11.9 Å². The zero-order valence-corrected chi connectivity index (χ0v) is 11.5. The molecule has 0 aromatic heterocycles. The highest BCUT2D eigenvalue weighted by Gasteiger charge is 2.24. The highest BCUT2D eigenvalue weighted by atomic mass is 32.2. The largest absolute Gasteiger partial charge is 0.322 e. The summed E-state index contributed by atoms with van der Waals surface area (Å²) in [6.45, 7) is 4.20. The van der Waals surface area contributed by atoms with Crippen molar-refractivity contribution in [2.75, 3.05) is 18.1 Å². The first kappa shape index (κ1) is 13.8. The van der Waals surface area contributed by atoms with Gasteiger partial charge in [-0.3, -0.25) is 4.79 Å². The van der Waals surface area contributed by atoms with Crippen molar-refractivity contribution in [3.8, 4) is 0 Å². The first-order valence-electron chi connectivity index (χ1n) is 5.91. The Morgan fingerprint density at radius 3 is 2.84 bits per heavy atom. The van der Waals surface area contributed by atoms with Crippen molar-refractivity contribution in [2.24, 2.45) is 0 Å². The van der Waals surface area contributed by atoms with Gasteiger partial charge in [-0.25, -0.2) is 8.42 Å². The molecule has 19 heavy (non-hydrogen) atoms. The molecule has 1 amide bonds. The van der Waals surface area contributed by atoms with Crippen molar-refractivity contribution in [3.63, 3.8) is 0 Å². The number of amides is 1. The third-order valence-electron chi connectivity index (χ3n) is 3.14. The topological polar surface area (TPSA) is 66.5 Å². The van der Waals surface area contributed by atoms with Crippen molar-refractivity contribution in [1.29, 1.82) is 0 Å². The van der Waals surface area contributed by atoms with Gasteiger partial charge in [0.1, 0.15) is 0 Å². The predicted octanol–water partition coefficient (Wildman–Crippen LogP) is 1.13. The number of hydrogen-bond acceptors (Lipinski definition) is 3. The molecule has 102 valence electrons. The zero-order valence-electron chi connectivity index (χ0n) is 10.7. The van der Waals surface area contributed by atoms with Crippen LogP contribution in [0.15, 0.2) is 30.9 Å². The fraction of sp³-hybridized carbons (Fsp3) is 0.308. The molecule has 1 aliphatic rings. The van der Waals surface area contributed by atoms with Crippen LogP contribution in [0.4, 0.5) is 5.69 Å². The third kappa shape index (κ3) is 3.02. The maximum Gasteiger partial charge on any atom is 0.247 e. The van der Waals surface area contributed by atoms with E-state index in [-0.39, 0.29) is 5.91 Å². The van der Waals surface area contributed by atoms with Crippen LogP contribution in [0.2, 0.25) is 0 Å². The molecule has 2 rings (SSSR count). The van der Waals surface area contributed by atoms with E-state index in [0.717, 1.165) is 16.8 Å². The maximum absolute atomic E-state index is 11.5. The Kier molecular flexibility index (Phi) is 3.73. The Morgan fingerprint density at radius 1 is 1.47 bits per heavy atom. The number of rotatable bonds is 3. The molecule has 1 aromatic carbocycles. The van der Waals surface area contributed by atoms with E-state index in [9.17, 15) is 13.2 Å². The smallest absolute Gasteiger partial charge is 0.247 e. The number of nitrogens with zero attached hydrogens (tertiary/aromatic N) is 1. The van der Waals surface area contributed by atoms with Crippen molar-refractivity contribution < 1.29 is 13.2 Å². The molecule has 0 unspecified atom stereocenters. The molecule has 1 heterocycles. The van der Waals surface area contributed by atoms with Crippen molar-refractivity contribution >= 4 is 21.6 Å². The minimum Gasteiger partial charge on any atom is -0.322 e. The van der Waals surface area contributed by atoms with Crippen LogP contribution >= 0.6 is 0 Å². The van der Waals surface area contributed by atoms with Gasteiger partial charge in [0.25, 0.3) is 0 Å². The predicted molar refractivity (Wildman–Crippen MR) is 74.2 cm³/mol. The first-order chi connectivity index (χ1) is 8.91. The Hall–Kier alpha value is -1.66. The highest BCUT2D eigenvalue weighted by Crippen LogP contribution is 2.27. The molecule has 0 saturated heterocycles. The molecule has 0 spiro atoms. The maximum atomic E-state index is 11.5. The minimum absolute atomic E-state index is 0.265. The van der Waals surface area contributed by atoms with E-state index in [1.165, 1.54) is 16.6 Å². The summed E-state index contributed by atoms with van der Waals surface area (Å²) >= 11 is 0. The van der Waals surface area contributed by atoms with Crippen molar-refractivity contribution in [3.05, 3.63) is 42.0 Å². The molecular weight excluding hydrogens is 264 g/mol. The third-order valence-corrected chi connectivity index (χ3v) is 4.39. The molecular formula is C13H16N2O3S. The average Bonchev–Trinajstić information content (AvgIpc) is 2.37. The summed E-state index contributed by atoms with van der Waals surface area (Å²) in [5, 5.41) is 2.75. The number of benzene rings is 1. The average molecular weight is 280 g/mol. The Bertz CT molecular complexity index is 623. The summed E-state index contributed by atoms with van der Waals surface area (Å²) in [6, 6.07) is 5.51. The van der Waals surface area contributed by atoms with E-state index in [0.29, 0.717) is 19.5 Å². The Morgan fingerprint density at radius 2 is 2.21 bits per heavy atom. The van der Waals surface area contributed by atoms with Crippen LogP contribution < -0.4 is 5.32 Å². The van der Waals surface area contributed by atoms with E-state index in [1.807, 2.05) is 18.2 Å². The second kappa shape index (κ2) is 5.14. The van der Waals surface area contributed by atoms with Crippen LogP contribution in [0.25, 0.3) is 0 Å². The molecule has 6 heteroatoms. The number of carbonyl (C=O) groups excluding carboxylic acids is 1. The van der Waals surface area contributed by atoms with E-state index in [1.54, 1.807) is 0 Å².